The summed E-state index contributed by atoms with van der Waals surface area (Å²) in [5, 5.41) is 12.2. The summed E-state index contributed by atoms with van der Waals surface area (Å²) in [4.78, 5) is 14.9. The van der Waals surface area contributed by atoms with Crippen LogP contribution in [-0.2, 0) is 11.3 Å². The van der Waals surface area contributed by atoms with Crippen LogP contribution in [0, 0.1) is 12.8 Å². The molecular formula is C19H26N4OS2. The van der Waals surface area contributed by atoms with Gasteiger partial charge in [0.2, 0.25) is 11.0 Å². The Morgan fingerprint density at radius 1 is 1.27 bits per heavy atom. The SMILES string of the molecule is Cc1ccc(CN2CCC(C(=O)Nc3nnc(SC(C)C)s3)CC2)cc1. The maximum Gasteiger partial charge on any atom is 0.229 e. The molecule has 0 saturated carbocycles. The molecule has 1 aromatic carbocycles. The molecule has 1 aliphatic heterocycles. The molecule has 1 amide bonds. The zero-order chi connectivity index (χ0) is 18.5. The highest BCUT2D eigenvalue weighted by Gasteiger charge is 2.25. The zero-order valence-corrected chi connectivity index (χ0v) is 17.2. The summed E-state index contributed by atoms with van der Waals surface area (Å²) in [5.74, 6) is 0.145. The lowest BCUT2D eigenvalue weighted by atomic mass is 9.95. The van der Waals surface area contributed by atoms with Crippen LogP contribution in [0.3, 0.4) is 0 Å². The van der Waals surface area contributed by atoms with Crippen molar-refractivity contribution in [1.82, 2.24) is 15.1 Å². The van der Waals surface area contributed by atoms with Gasteiger partial charge in [-0.15, -0.1) is 10.2 Å². The zero-order valence-electron chi connectivity index (χ0n) is 15.6. The third-order valence-corrected chi connectivity index (χ3v) is 6.38. The number of hydrogen-bond acceptors (Lipinski definition) is 6. The Morgan fingerprint density at radius 2 is 1.96 bits per heavy atom. The van der Waals surface area contributed by atoms with E-state index in [4.69, 9.17) is 0 Å². The van der Waals surface area contributed by atoms with Gasteiger partial charge in [-0.3, -0.25) is 9.69 Å². The number of nitrogens with one attached hydrogen (secondary N) is 1. The number of carbonyl (C=O) groups excluding carboxylic acids is 1. The van der Waals surface area contributed by atoms with Crippen LogP contribution in [0.15, 0.2) is 28.6 Å². The van der Waals surface area contributed by atoms with E-state index < -0.39 is 0 Å². The van der Waals surface area contributed by atoms with E-state index in [-0.39, 0.29) is 11.8 Å². The first-order chi connectivity index (χ1) is 12.5. The Hall–Kier alpha value is -1.44. The highest BCUT2D eigenvalue weighted by atomic mass is 32.2. The molecule has 5 nitrogen and oxygen atoms in total. The van der Waals surface area contributed by atoms with E-state index in [0.29, 0.717) is 10.4 Å². The molecule has 1 N–H and O–H groups in total. The lowest BCUT2D eigenvalue weighted by molar-refractivity contribution is -0.121. The number of aromatic nitrogens is 2. The number of anilines is 1. The van der Waals surface area contributed by atoms with E-state index in [9.17, 15) is 4.79 Å². The second kappa shape index (κ2) is 8.97. The minimum atomic E-state index is 0.0642. The quantitative estimate of drug-likeness (QED) is 0.592. The number of benzene rings is 1. The second-order valence-corrected chi connectivity index (χ2v) is 9.87. The monoisotopic (exact) mass is 390 g/mol. The van der Waals surface area contributed by atoms with Crippen molar-refractivity contribution >= 4 is 34.1 Å². The van der Waals surface area contributed by atoms with Gasteiger partial charge in [0, 0.05) is 17.7 Å². The molecule has 0 aliphatic carbocycles. The number of likely N-dealkylation sites (tertiary alicyclic amines) is 1. The largest absolute Gasteiger partial charge is 0.300 e. The fourth-order valence-corrected chi connectivity index (χ4v) is 5.00. The molecule has 0 radical (unpaired) electrons. The minimum Gasteiger partial charge on any atom is -0.300 e. The Labute approximate surface area is 163 Å². The molecule has 0 bridgehead atoms. The van der Waals surface area contributed by atoms with Gasteiger partial charge in [-0.05, 0) is 38.4 Å². The molecule has 140 valence electrons. The van der Waals surface area contributed by atoms with Crippen molar-refractivity contribution in [3.8, 4) is 0 Å². The van der Waals surface area contributed by atoms with Gasteiger partial charge in [-0.2, -0.15) is 0 Å². The Balaban J connectivity index is 1.46. The predicted molar refractivity (Wildman–Crippen MR) is 109 cm³/mol. The number of rotatable bonds is 6. The number of hydrogen-bond donors (Lipinski definition) is 1. The summed E-state index contributed by atoms with van der Waals surface area (Å²) in [6, 6.07) is 8.69. The second-order valence-electron chi connectivity index (χ2n) is 7.06. The molecular weight excluding hydrogens is 364 g/mol. The highest BCUT2D eigenvalue weighted by Crippen LogP contribution is 2.29. The fraction of sp³-hybridized carbons (Fsp3) is 0.526. The predicted octanol–water partition coefficient (Wildman–Crippen LogP) is 4.20. The van der Waals surface area contributed by atoms with Crippen LogP contribution < -0.4 is 5.32 Å². The van der Waals surface area contributed by atoms with Gasteiger partial charge in [0.25, 0.3) is 0 Å². The Bertz CT molecular complexity index is 721. The van der Waals surface area contributed by atoms with Crippen LogP contribution in [0.25, 0.3) is 0 Å². The number of carbonyl (C=O) groups is 1. The molecule has 2 heterocycles. The molecule has 1 aliphatic rings. The number of aryl methyl sites for hydroxylation is 1. The molecule has 1 aromatic heterocycles. The van der Waals surface area contributed by atoms with Crippen molar-refractivity contribution in [2.24, 2.45) is 5.92 Å². The third-order valence-electron chi connectivity index (χ3n) is 4.46. The first-order valence-corrected chi connectivity index (χ1v) is 10.8. The first-order valence-electron chi connectivity index (χ1n) is 9.08. The van der Waals surface area contributed by atoms with Crippen LogP contribution in [0.5, 0.6) is 0 Å². The summed E-state index contributed by atoms with van der Waals surface area (Å²) in [6.07, 6.45) is 1.79. The molecule has 1 fully saturated rings. The lowest BCUT2D eigenvalue weighted by Gasteiger charge is -2.31. The molecule has 0 unspecified atom stereocenters. The van der Waals surface area contributed by atoms with Crippen LogP contribution in [-0.4, -0.2) is 39.3 Å². The van der Waals surface area contributed by atoms with Crippen molar-refractivity contribution < 1.29 is 4.79 Å². The van der Waals surface area contributed by atoms with Gasteiger partial charge in [0.1, 0.15) is 0 Å². The Morgan fingerprint density at radius 3 is 2.62 bits per heavy atom. The van der Waals surface area contributed by atoms with Crippen molar-refractivity contribution in [2.45, 2.75) is 49.7 Å². The highest BCUT2D eigenvalue weighted by molar-refractivity contribution is 8.01. The van der Waals surface area contributed by atoms with Crippen molar-refractivity contribution in [3.63, 3.8) is 0 Å². The molecule has 1 saturated heterocycles. The van der Waals surface area contributed by atoms with Gasteiger partial charge >= 0.3 is 0 Å². The van der Waals surface area contributed by atoms with E-state index >= 15 is 0 Å². The van der Waals surface area contributed by atoms with Gasteiger partial charge in [0.15, 0.2) is 4.34 Å². The van der Waals surface area contributed by atoms with E-state index in [0.717, 1.165) is 36.8 Å². The van der Waals surface area contributed by atoms with E-state index in [1.807, 2.05) is 0 Å². The average Bonchev–Trinajstić information content (AvgIpc) is 3.03. The first kappa shape index (κ1) is 19.3. The van der Waals surface area contributed by atoms with Crippen LogP contribution in [0.1, 0.15) is 37.8 Å². The molecule has 26 heavy (non-hydrogen) atoms. The van der Waals surface area contributed by atoms with Crippen molar-refractivity contribution in [3.05, 3.63) is 35.4 Å². The van der Waals surface area contributed by atoms with Crippen molar-refractivity contribution in [1.29, 1.82) is 0 Å². The average molecular weight is 391 g/mol. The standard InChI is InChI=1S/C19H26N4OS2/c1-13(2)25-19-22-21-18(26-19)20-17(24)16-8-10-23(11-9-16)12-15-6-4-14(3)5-7-15/h4-7,13,16H,8-12H2,1-3H3,(H,20,21,24). The normalized spacial score (nSPS) is 16.2. The number of thioether (sulfide) groups is 1. The van der Waals surface area contributed by atoms with E-state index in [2.05, 4.69) is 65.5 Å². The summed E-state index contributed by atoms with van der Waals surface area (Å²) in [6.45, 7) is 9.22. The number of nitrogens with zero attached hydrogens (tertiary/aromatic N) is 3. The van der Waals surface area contributed by atoms with Gasteiger partial charge in [0.05, 0.1) is 0 Å². The molecule has 7 heteroatoms. The molecule has 0 atom stereocenters. The van der Waals surface area contributed by atoms with Gasteiger partial charge in [-0.1, -0.05) is 66.8 Å². The number of amides is 1. The van der Waals surface area contributed by atoms with Gasteiger partial charge < -0.3 is 5.32 Å². The van der Waals surface area contributed by atoms with Crippen LogP contribution in [0.4, 0.5) is 5.13 Å². The third kappa shape index (κ3) is 5.53. The van der Waals surface area contributed by atoms with E-state index in [1.54, 1.807) is 11.8 Å². The van der Waals surface area contributed by atoms with Crippen LogP contribution in [0.2, 0.25) is 0 Å². The maximum absolute atomic E-state index is 12.5. The smallest absolute Gasteiger partial charge is 0.229 e. The number of piperidine rings is 1. The van der Waals surface area contributed by atoms with Gasteiger partial charge in [-0.25, -0.2) is 0 Å². The molecule has 2 aromatic rings. The summed E-state index contributed by atoms with van der Waals surface area (Å²) < 4.78 is 0.906. The minimum absolute atomic E-state index is 0.0642. The van der Waals surface area contributed by atoms with Crippen LogP contribution >= 0.6 is 23.1 Å². The summed E-state index contributed by atoms with van der Waals surface area (Å²) in [7, 11) is 0. The lowest BCUT2D eigenvalue weighted by Crippen LogP contribution is -2.37. The molecule has 0 spiro atoms. The summed E-state index contributed by atoms with van der Waals surface area (Å²) in [5.41, 5.74) is 2.62. The molecule has 3 rings (SSSR count). The Kier molecular flexibility index (Phi) is 6.67. The summed E-state index contributed by atoms with van der Waals surface area (Å²) >= 11 is 3.13. The van der Waals surface area contributed by atoms with E-state index in [1.165, 1.54) is 22.5 Å². The topological polar surface area (TPSA) is 58.1 Å². The van der Waals surface area contributed by atoms with Crippen molar-refractivity contribution in [2.75, 3.05) is 18.4 Å². The maximum atomic E-state index is 12.5. The fourth-order valence-electron chi connectivity index (χ4n) is 3.02.